The topological polar surface area (TPSA) is 68.3 Å². The van der Waals surface area contributed by atoms with Gasteiger partial charge in [0.1, 0.15) is 12.3 Å². The van der Waals surface area contributed by atoms with Gasteiger partial charge in [0, 0.05) is 17.5 Å². The van der Waals surface area contributed by atoms with Gasteiger partial charge in [-0.25, -0.2) is 0 Å². The number of rotatable bonds is 9. The Labute approximate surface area is 202 Å². The molecule has 0 saturated heterocycles. The molecule has 0 bridgehead atoms. The molecule has 2 aromatic carbocycles. The molecule has 1 aliphatic heterocycles. The first-order valence-corrected chi connectivity index (χ1v) is 12.1. The van der Waals surface area contributed by atoms with Crippen LogP contribution in [0.4, 0.5) is 0 Å². The van der Waals surface area contributed by atoms with E-state index in [1.807, 2.05) is 47.8 Å². The molecule has 1 aliphatic carbocycles. The molecule has 3 aromatic rings. The largest absolute Gasteiger partial charge is 0.496 e. The molecule has 0 N–H and O–H groups in total. The summed E-state index contributed by atoms with van der Waals surface area (Å²) in [5, 5.41) is 2.00. The Morgan fingerprint density at radius 1 is 1.03 bits per heavy atom. The Morgan fingerprint density at radius 3 is 2.62 bits per heavy atom. The van der Waals surface area contributed by atoms with Crippen molar-refractivity contribution in [3.63, 3.8) is 0 Å². The number of amides is 2. The van der Waals surface area contributed by atoms with Crippen LogP contribution in [0.3, 0.4) is 0 Å². The fourth-order valence-electron chi connectivity index (χ4n) is 4.06. The quantitative estimate of drug-likeness (QED) is 0.458. The second kappa shape index (κ2) is 9.77. The van der Waals surface area contributed by atoms with Gasteiger partial charge in [-0.3, -0.25) is 9.59 Å². The zero-order valence-electron chi connectivity index (χ0n) is 18.9. The molecule has 5 rings (SSSR count). The number of para-hydroxylation sites is 1. The molecule has 1 aromatic heterocycles. The van der Waals surface area contributed by atoms with E-state index < -0.39 is 0 Å². The number of nitrogens with zero attached hydrogens (tertiary/aromatic N) is 2. The van der Waals surface area contributed by atoms with E-state index in [0.717, 1.165) is 23.3 Å². The lowest BCUT2D eigenvalue weighted by Gasteiger charge is -2.28. The Bertz CT molecular complexity index is 1180. The van der Waals surface area contributed by atoms with E-state index in [2.05, 4.69) is 0 Å². The van der Waals surface area contributed by atoms with Gasteiger partial charge in [0.25, 0.3) is 5.91 Å². The number of carbonyl (C=O) groups excluding carboxylic acids is 2. The fraction of sp³-hybridized carbons (Fsp3) is 0.308. The van der Waals surface area contributed by atoms with Gasteiger partial charge >= 0.3 is 0 Å². The minimum Gasteiger partial charge on any atom is -0.496 e. The summed E-state index contributed by atoms with van der Waals surface area (Å²) in [6.07, 6.45) is 1.81. The minimum atomic E-state index is -0.174. The van der Waals surface area contributed by atoms with Crippen LogP contribution in [0.1, 0.15) is 33.6 Å². The summed E-state index contributed by atoms with van der Waals surface area (Å²) >= 11 is 1.61. The highest BCUT2D eigenvalue weighted by Gasteiger charge is 2.36. The van der Waals surface area contributed by atoms with Gasteiger partial charge < -0.3 is 24.0 Å². The highest BCUT2D eigenvalue weighted by Crippen LogP contribution is 2.33. The number of fused-ring (bicyclic) bond motifs is 1. The lowest BCUT2D eigenvalue weighted by atomic mass is 10.1. The molecule has 0 radical (unpaired) electrons. The van der Waals surface area contributed by atoms with Crippen molar-refractivity contribution in [2.45, 2.75) is 32.0 Å². The molecule has 34 heavy (non-hydrogen) atoms. The minimum absolute atomic E-state index is 0.0253. The molecule has 0 unspecified atom stereocenters. The first kappa shape index (κ1) is 22.3. The molecule has 0 atom stereocenters. The standard InChI is InChI=1S/C26H26N2O5S/c1-31-22-7-3-2-6-21(22)26(30)28(19-9-10-19)16-25(29)27(15-20-5-4-12-34-20)14-18-8-11-23-24(13-18)33-17-32-23/h2-8,11-13,19H,9-10,14-17H2,1H3. The normalized spacial score (nSPS) is 14.0. The first-order chi connectivity index (χ1) is 16.6. The molecule has 176 valence electrons. The number of ether oxygens (including phenoxy) is 3. The monoisotopic (exact) mass is 478 g/mol. The zero-order chi connectivity index (χ0) is 23.5. The average molecular weight is 479 g/mol. The van der Waals surface area contributed by atoms with Crippen LogP contribution in [-0.4, -0.2) is 48.1 Å². The summed E-state index contributed by atoms with van der Waals surface area (Å²) in [6.45, 7) is 1.12. The third-order valence-electron chi connectivity index (χ3n) is 5.98. The molecule has 2 aliphatic rings. The van der Waals surface area contributed by atoms with Crippen LogP contribution in [0.25, 0.3) is 0 Å². The lowest BCUT2D eigenvalue weighted by molar-refractivity contribution is -0.133. The summed E-state index contributed by atoms with van der Waals surface area (Å²) in [6, 6.07) is 17.0. The summed E-state index contributed by atoms with van der Waals surface area (Å²) < 4.78 is 16.3. The van der Waals surface area contributed by atoms with E-state index in [1.54, 1.807) is 40.4 Å². The van der Waals surface area contributed by atoms with Crippen molar-refractivity contribution in [3.8, 4) is 17.2 Å². The van der Waals surface area contributed by atoms with Gasteiger partial charge in [-0.1, -0.05) is 24.3 Å². The highest BCUT2D eigenvalue weighted by atomic mass is 32.1. The molecule has 1 saturated carbocycles. The predicted molar refractivity (Wildman–Crippen MR) is 128 cm³/mol. The van der Waals surface area contributed by atoms with Gasteiger partial charge in [-0.15, -0.1) is 11.3 Å². The number of carbonyl (C=O) groups is 2. The van der Waals surface area contributed by atoms with Gasteiger partial charge in [-0.05, 0) is 54.1 Å². The van der Waals surface area contributed by atoms with Crippen molar-refractivity contribution in [2.75, 3.05) is 20.4 Å². The van der Waals surface area contributed by atoms with Crippen molar-refractivity contribution < 1.29 is 23.8 Å². The van der Waals surface area contributed by atoms with Gasteiger partial charge in [-0.2, -0.15) is 0 Å². The number of hydrogen-bond donors (Lipinski definition) is 0. The predicted octanol–water partition coefficient (Wildman–Crippen LogP) is 4.32. The number of benzene rings is 2. The first-order valence-electron chi connectivity index (χ1n) is 11.2. The van der Waals surface area contributed by atoms with E-state index in [1.165, 1.54) is 0 Å². The molecule has 8 heteroatoms. The SMILES string of the molecule is COc1ccccc1C(=O)N(CC(=O)N(Cc1ccc2c(c1)OCO2)Cc1cccs1)C1CC1. The maximum Gasteiger partial charge on any atom is 0.258 e. The lowest BCUT2D eigenvalue weighted by Crippen LogP contribution is -2.43. The summed E-state index contributed by atoms with van der Waals surface area (Å²) in [4.78, 5) is 31.6. The van der Waals surface area contributed by atoms with Crippen LogP contribution in [0, 0.1) is 0 Å². The smallest absolute Gasteiger partial charge is 0.258 e. The van der Waals surface area contributed by atoms with E-state index in [-0.39, 0.29) is 31.2 Å². The maximum absolute atomic E-state index is 13.6. The Kier molecular flexibility index (Phi) is 6.40. The molecule has 2 amide bonds. The average Bonchev–Trinajstić information content (AvgIpc) is 3.36. The molecule has 0 spiro atoms. The van der Waals surface area contributed by atoms with Crippen LogP contribution in [-0.2, 0) is 17.9 Å². The van der Waals surface area contributed by atoms with Crippen molar-refractivity contribution in [1.82, 2.24) is 9.80 Å². The molecule has 2 heterocycles. The van der Waals surface area contributed by atoms with Crippen molar-refractivity contribution in [3.05, 3.63) is 76.0 Å². The van der Waals surface area contributed by atoms with Crippen molar-refractivity contribution >= 4 is 23.2 Å². The summed E-state index contributed by atoms with van der Waals surface area (Å²) in [5.41, 5.74) is 1.42. The van der Waals surface area contributed by atoms with Gasteiger partial charge in [0.2, 0.25) is 12.7 Å². The molecular weight excluding hydrogens is 452 g/mol. The molecular formula is C26H26N2O5S. The van der Waals surface area contributed by atoms with Crippen LogP contribution in [0.5, 0.6) is 17.2 Å². The fourth-order valence-corrected chi connectivity index (χ4v) is 4.78. The van der Waals surface area contributed by atoms with E-state index in [0.29, 0.717) is 35.9 Å². The highest BCUT2D eigenvalue weighted by molar-refractivity contribution is 7.09. The Hall–Kier alpha value is -3.52. The summed E-state index contributed by atoms with van der Waals surface area (Å²) in [5.74, 6) is 1.64. The maximum atomic E-state index is 13.6. The van der Waals surface area contributed by atoms with Crippen LogP contribution in [0.2, 0.25) is 0 Å². The third-order valence-corrected chi connectivity index (χ3v) is 6.84. The molecule has 1 fully saturated rings. The second-order valence-corrected chi connectivity index (χ2v) is 9.41. The van der Waals surface area contributed by atoms with Crippen LogP contribution >= 0.6 is 11.3 Å². The van der Waals surface area contributed by atoms with Crippen LogP contribution in [0.15, 0.2) is 60.0 Å². The van der Waals surface area contributed by atoms with E-state index in [9.17, 15) is 9.59 Å². The number of methoxy groups -OCH3 is 1. The van der Waals surface area contributed by atoms with Gasteiger partial charge in [0.15, 0.2) is 11.5 Å². The zero-order valence-corrected chi connectivity index (χ0v) is 19.8. The van der Waals surface area contributed by atoms with Gasteiger partial charge in [0.05, 0.1) is 19.2 Å². The van der Waals surface area contributed by atoms with Crippen molar-refractivity contribution in [2.24, 2.45) is 0 Å². The number of thiophene rings is 1. The van der Waals surface area contributed by atoms with E-state index in [4.69, 9.17) is 14.2 Å². The second-order valence-electron chi connectivity index (χ2n) is 8.38. The van der Waals surface area contributed by atoms with E-state index >= 15 is 0 Å². The summed E-state index contributed by atoms with van der Waals surface area (Å²) in [7, 11) is 1.55. The number of hydrogen-bond acceptors (Lipinski definition) is 6. The molecule has 7 nitrogen and oxygen atoms in total. The van der Waals surface area contributed by atoms with Crippen LogP contribution < -0.4 is 14.2 Å². The Balaban J connectivity index is 1.37. The Morgan fingerprint density at radius 2 is 1.85 bits per heavy atom. The van der Waals surface area contributed by atoms with Crippen molar-refractivity contribution in [1.29, 1.82) is 0 Å². The third kappa shape index (κ3) is 4.87.